The van der Waals surface area contributed by atoms with Crippen LogP contribution in [0.5, 0.6) is 0 Å². The minimum absolute atomic E-state index is 0.670. The van der Waals surface area contributed by atoms with Gasteiger partial charge in [-0.15, -0.1) is 0 Å². The third-order valence-electron chi connectivity index (χ3n) is 4.53. The second kappa shape index (κ2) is 6.09. The molecule has 2 aromatic heterocycles. The van der Waals surface area contributed by atoms with E-state index < -0.39 is 0 Å². The molecule has 1 aromatic carbocycles. The van der Waals surface area contributed by atoms with Gasteiger partial charge in [0.15, 0.2) is 5.65 Å². The van der Waals surface area contributed by atoms with Crippen molar-refractivity contribution in [2.45, 2.75) is 6.54 Å². The number of nitrogens with two attached hydrogens (primary N) is 1. The van der Waals surface area contributed by atoms with Gasteiger partial charge in [0.2, 0.25) is 0 Å². The quantitative estimate of drug-likeness (QED) is 0.730. The van der Waals surface area contributed by atoms with Crippen molar-refractivity contribution in [3.05, 3.63) is 42.4 Å². The Morgan fingerprint density at radius 2 is 1.79 bits per heavy atom. The number of likely N-dealkylation sites (N-methyl/N-ethyl adjacent to an activating group) is 1. The van der Waals surface area contributed by atoms with Gasteiger partial charge < -0.3 is 15.5 Å². The molecule has 4 rings (SSSR count). The van der Waals surface area contributed by atoms with Gasteiger partial charge in [-0.05, 0) is 24.7 Å². The maximum Gasteiger partial charge on any atom is 0.163 e. The van der Waals surface area contributed by atoms with Gasteiger partial charge in [0.05, 0.1) is 18.1 Å². The van der Waals surface area contributed by atoms with Gasteiger partial charge >= 0.3 is 0 Å². The Balaban J connectivity index is 1.65. The number of fused-ring (bicyclic) bond motifs is 1. The third-order valence-corrected chi connectivity index (χ3v) is 4.53. The van der Waals surface area contributed by atoms with Crippen LogP contribution in [0.2, 0.25) is 0 Å². The average molecular weight is 323 g/mol. The van der Waals surface area contributed by atoms with E-state index in [2.05, 4.69) is 31.9 Å². The fourth-order valence-corrected chi connectivity index (χ4v) is 3.06. The number of nitrogen functional groups attached to an aromatic ring is 1. The molecule has 24 heavy (non-hydrogen) atoms. The van der Waals surface area contributed by atoms with Crippen LogP contribution in [0.25, 0.3) is 11.0 Å². The molecule has 1 fully saturated rings. The van der Waals surface area contributed by atoms with Crippen LogP contribution >= 0.6 is 0 Å². The minimum atomic E-state index is 0.670. The fourth-order valence-electron chi connectivity index (χ4n) is 3.06. The zero-order valence-corrected chi connectivity index (χ0v) is 13.8. The van der Waals surface area contributed by atoms with E-state index in [1.54, 1.807) is 6.33 Å². The second-order valence-corrected chi connectivity index (χ2v) is 6.27. The summed E-state index contributed by atoms with van der Waals surface area (Å²) in [6.45, 7) is 4.72. The Hall–Kier alpha value is -2.67. The summed E-state index contributed by atoms with van der Waals surface area (Å²) < 4.78 is 1.92. The lowest BCUT2D eigenvalue weighted by atomic mass is 10.2. The molecule has 0 aliphatic carbocycles. The van der Waals surface area contributed by atoms with Crippen LogP contribution in [0.15, 0.2) is 36.8 Å². The Morgan fingerprint density at radius 3 is 2.54 bits per heavy atom. The van der Waals surface area contributed by atoms with Crippen LogP contribution < -0.4 is 10.6 Å². The lowest BCUT2D eigenvalue weighted by Gasteiger charge is -2.33. The molecule has 0 atom stereocenters. The molecule has 7 heteroatoms. The summed E-state index contributed by atoms with van der Waals surface area (Å²) in [5, 5.41) is 5.54. The standard InChI is InChI=1S/C17H21N7/c1-22-6-8-23(9-7-22)16-15-10-21-24(17(15)20-12-19-16)11-13-2-4-14(18)5-3-13/h2-5,10,12H,6-9,11,18H2,1H3. The van der Waals surface area contributed by atoms with E-state index in [1.165, 1.54) is 0 Å². The Labute approximate surface area is 140 Å². The molecule has 0 radical (unpaired) electrons. The molecule has 0 saturated carbocycles. The highest BCUT2D eigenvalue weighted by atomic mass is 15.3. The molecular weight excluding hydrogens is 302 g/mol. The van der Waals surface area contributed by atoms with Gasteiger partial charge in [-0.3, -0.25) is 0 Å². The van der Waals surface area contributed by atoms with Crippen molar-refractivity contribution in [2.24, 2.45) is 0 Å². The van der Waals surface area contributed by atoms with Gasteiger partial charge in [0, 0.05) is 31.9 Å². The molecule has 2 N–H and O–H groups in total. The van der Waals surface area contributed by atoms with Crippen molar-refractivity contribution in [1.29, 1.82) is 0 Å². The predicted octanol–water partition coefficient (Wildman–Crippen LogP) is 1.21. The summed E-state index contributed by atoms with van der Waals surface area (Å²) in [6.07, 6.45) is 3.51. The first kappa shape index (κ1) is 14.9. The summed E-state index contributed by atoms with van der Waals surface area (Å²) in [7, 11) is 2.15. The zero-order valence-electron chi connectivity index (χ0n) is 13.8. The average Bonchev–Trinajstić information content (AvgIpc) is 3.01. The fraction of sp³-hybridized carbons (Fsp3) is 0.353. The van der Waals surface area contributed by atoms with Gasteiger partial charge in [-0.2, -0.15) is 5.10 Å². The summed E-state index contributed by atoms with van der Waals surface area (Å²) in [5.41, 5.74) is 8.54. The number of rotatable bonds is 3. The molecule has 124 valence electrons. The van der Waals surface area contributed by atoms with Crippen molar-refractivity contribution in [3.63, 3.8) is 0 Å². The maximum atomic E-state index is 5.75. The second-order valence-electron chi connectivity index (χ2n) is 6.27. The predicted molar refractivity (Wildman–Crippen MR) is 95.0 cm³/mol. The van der Waals surface area contributed by atoms with E-state index in [0.29, 0.717) is 6.54 Å². The lowest BCUT2D eigenvalue weighted by Crippen LogP contribution is -2.44. The number of aromatic nitrogens is 4. The van der Waals surface area contributed by atoms with E-state index >= 15 is 0 Å². The molecule has 0 spiro atoms. The van der Waals surface area contributed by atoms with Crippen molar-refractivity contribution in [3.8, 4) is 0 Å². The SMILES string of the molecule is CN1CCN(c2ncnc3c2cnn3Cc2ccc(N)cc2)CC1. The lowest BCUT2D eigenvalue weighted by molar-refractivity contribution is 0.312. The Morgan fingerprint density at radius 1 is 1.04 bits per heavy atom. The number of hydrogen-bond acceptors (Lipinski definition) is 6. The first-order chi connectivity index (χ1) is 11.7. The molecular formula is C17H21N7. The number of nitrogens with zero attached hydrogens (tertiary/aromatic N) is 6. The topological polar surface area (TPSA) is 76.1 Å². The number of hydrogen-bond donors (Lipinski definition) is 1. The van der Waals surface area contributed by atoms with Crippen molar-refractivity contribution >= 4 is 22.5 Å². The Kier molecular flexibility index (Phi) is 3.78. The molecule has 1 aliphatic heterocycles. The van der Waals surface area contributed by atoms with Crippen LogP contribution in [0.3, 0.4) is 0 Å². The number of benzene rings is 1. The highest BCUT2D eigenvalue weighted by Gasteiger charge is 2.19. The highest BCUT2D eigenvalue weighted by molar-refractivity contribution is 5.86. The monoisotopic (exact) mass is 323 g/mol. The largest absolute Gasteiger partial charge is 0.399 e. The molecule has 3 aromatic rings. The normalized spacial score (nSPS) is 16.0. The van der Waals surface area contributed by atoms with E-state index in [4.69, 9.17) is 5.73 Å². The molecule has 1 aliphatic rings. The van der Waals surface area contributed by atoms with Crippen LogP contribution in [-0.2, 0) is 6.54 Å². The smallest absolute Gasteiger partial charge is 0.163 e. The highest BCUT2D eigenvalue weighted by Crippen LogP contribution is 2.24. The summed E-state index contributed by atoms with van der Waals surface area (Å²) >= 11 is 0. The van der Waals surface area contributed by atoms with Crippen molar-refractivity contribution < 1.29 is 0 Å². The van der Waals surface area contributed by atoms with Crippen molar-refractivity contribution in [2.75, 3.05) is 43.9 Å². The van der Waals surface area contributed by atoms with Gasteiger partial charge in [-0.25, -0.2) is 14.6 Å². The molecule has 0 unspecified atom stereocenters. The first-order valence-corrected chi connectivity index (χ1v) is 8.15. The Bertz CT molecular complexity index is 832. The molecule has 0 amide bonds. The summed E-state index contributed by atoms with van der Waals surface area (Å²) in [4.78, 5) is 13.6. The van der Waals surface area contributed by atoms with Gasteiger partial charge in [-0.1, -0.05) is 12.1 Å². The molecule has 0 bridgehead atoms. The van der Waals surface area contributed by atoms with Gasteiger partial charge in [0.1, 0.15) is 12.1 Å². The summed E-state index contributed by atoms with van der Waals surface area (Å²) in [5.74, 6) is 0.983. The van der Waals surface area contributed by atoms with E-state index in [1.807, 2.05) is 35.1 Å². The van der Waals surface area contributed by atoms with Crippen molar-refractivity contribution in [1.82, 2.24) is 24.6 Å². The first-order valence-electron chi connectivity index (χ1n) is 8.15. The van der Waals surface area contributed by atoms with E-state index in [0.717, 1.165) is 54.3 Å². The van der Waals surface area contributed by atoms with Crippen LogP contribution in [0.1, 0.15) is 5.56 Å². The maximum absolute atomic E-state index is 5.75. The molecule has 3 heterocycles. The minimum Gasteiger partial charge on any atom is -0.399 e. The number of piperazine rings is 1. The van der Waals surface area contributed by atoms with Crippen LogP contribution in [0, 0.1) is 0 Å². The number of anilines is 2. The van der Waals surface area contributed by atoms with Gasteiger partial charge in [0.25, 0.3) is 0 Å². The third kappa shape index (κ3) is 2.78. The van der Waals surface area contributed by atoms with E-state index in [-0.39, 0.29) is 0 Å². The molecule has 7 nitrogen and oxygen atoms in total. The van der Waals surface area contributed by atoms with Crippen LogP contribution in [0.4, 0.5) is 11.5 Å². The molecule has 1 saturated heterocycles. The van der Waals surface area contributed by atoms with E-state index in [9.17, 15) is 0 Å². The summed E-state index contributed by atoms with van der Waals surface area (Å²) in [6, 6.07) is 7.86. The van der Waals surface area contributed by atoms with Crippen LogP contribution in [-0.4, -0.2) is 57.9 Å². The zero-order chi connectivity index (χ0) is 16.5.